The fourth-order valence-corrected chi connectivity index (χ4v) is 1.50. The van der Waals surface area contributed by atoms with Gasteiger partial charge in [0.15, 0.2) is 0 Å². The molecular formula is C12H15FO2. The summed E-state index contributed by atoms with van der Waals surface area (Å²) in [6, 6.07) is 8.08. The Morgan fingerprint density at radius 2 is 2.00 bits per heavy atom. The number of carboxylic acid groups (broad SMARTS) is 1. The highest BCUT2D eigenvalue weighted by molar-refractivity contribution is 5.79. The average molecular weight is 210 g/mol. The zero-order valence-corrected chi connectivity index (χ0v) is 8.74. The molecule has 1 atom stereocenters. The second kappa shape index (κ2) is 4.91. The van der Waals surface area contributed by atoms with Gasteiger partial charge in [-0.05, 0) is 12.8 Å². The summed E-state index contributed by atoms with van der Waals surface area (Å²) in [7, 11) is 0. The van der Waals surface area contributed by atoms with E-state index in [4.69, 9.17) is 5.11 Å². The lowest BCUT2D eigenvalue weighted by atomic mass is 9.90. The normalized spacial score (nSPS) is 14.5. The Bertz CT molecular complexity index is 324. The molecule has 0 saturated carbocycles. The molecule has 1 unspecified atom stereocenters. The van der Waals surface area contributed by atoms with Crippen molar-refractivity contribution in [2.75, 3.05) is 0 Å². The molecule has 0 aliphatic rings. The van der Waals surface area contributed by atoms with Crippen molar-refractivity contribution in [1.82, 2.24) is 0 Å². The zero-order chi connectivity index (χ0) is 11.3. The van der Waals surface area contributed by atoms with Gasteiger partial charge in [0, 0.05) is 5.56 Å². The standard InChI is InChI=1S/C12H15FO2/c1-2-3-9-12(13,11(14)15)10-7-5-4-6-8-10/h4-8H,2-3,9H2,1H3,(H,14,15). The smallest absolute Gasteiger partial charge is 0.346 e. The minimum atomic E-state index is -2.24. The summed E-state index contributed by atoms with van der Waals surface area (Å²) in [5, 5.41) is 8.94. The maximum absolute atomic E-state index is 14.2. The van der Waals surface area contributed by atoms with Crippen LogP contribution in [0.1, 0.15) is 31.7 Å². The number of alkyl halides is 1. The Morgan fingerprint density at radius 3 is 2.47 bits per heavy atom. The molecule has 0 aromatic heterocycles. The van der Waals surface area contributed by atoms with Crippen LogP contribution in [0.3, 0.4) is 0 Å². The van der Waals surface area contributed by atoms with Gasteiger partial charge in [-0.2, -0.15) is 0 Å². The van der Waals surface area contributed by atoms with Crippen molar-refractivity contribution in [1.29, 1.82) is 0 Å². The number of unbranched alkanes of at least 4 members (excludes halogenated alkanes) is 1. The molecule has 0 aliphatic carbocycles. The zero-order valence-electron chi connectivity index (χ0n) is 8.74. The summed E-state index contributed by atoms with van der Waals surface area (Å²) in [4.78, 5) is 11.0. The highest BCUT2D eigenvalue weighted by Crippen LogP contribution is 2.31. The van der Waals surface area contributed by atoms with Crippen LogP contribution in [0.5, 0.6) is 0 Å². The van der Waals surface area contributed by atoms with E-state index < -0.39 is 11.6 Å². The molecule has 1 rings (SSSR count). The summed E-state index contributed by atoms with van der Waals surface area (Å²) >= 11 is 0. The van der Waals surface area contributed by atoms with Crippen LogP contribution >= 0.6 is 0 Å². The number of halogens is 1. The monoisotopic (exact) mass is 210 g/mol. The molecule has 1 aromatic rings. The molecule has 1 aromatic carbocycles. The Labute approximate surface area is 88.7 Å². The molecule has 0 bridgehead atoms. The molecule has 0 radical (unpaired) electrons. The van der Waals surface area contributed by atoms with E-state index in [0.29, 0.717) is 6.42 Å². The molecule has 1 N–H and O–H groups in total. The first-order chi connectivity index (χ1) is 7.11. The van der Waals surface area contributed by atoms with Crippen molar-refractivity contribution >= 4 is 5.97 Å². The highest BCUT2D eigenvalue weighted by Gasteiger charge is 2.39. The van der Waals surface area contributed by atoms with Gasteiger partial charge in [-0.25, -0.2) is 9.18 Å². The van der Waals surface area contributed by atoms with Crippen molar-refractivity contribution < 1.29 is 14.3 Å². The summed E-state index contributed by atoms with van der Waals surface area (Å²) in [6.45, 7) is 1.91. The minimum Gasteiger partial charge on any atom is -0.479 e. The Balaban J connectivity index is 2.96. The van der Waals surface area contributed by atoms with Crippen LogP contribution in [0.2, 0.25) is 0 Å². The third-order valence-electron chi connectivity index (χ3n) is 2.45. The van der Waals surface area contributed by atoms with Gasteiger partial charge in [-0.15, -0.1) is 0 Å². The van der Waals surface area contributed by atoms with Crippen molar-refractivity contribution in [3.63, 3.8) is 0 Å². The molecular weight excluding hydrogens is 195 g/mol. The second-order valence-electron chi connectivity index (χ2n) is 3.58. The van der Waals surface area contributed by atoms with E-state index in [1.165, 1.54) is 12.1 Å². The number of carbonyl (C=O) groups is 1. The number of carboxylic acids is 1. The maximum Gasteiger partial charge on any atom is 0.346 e. The summed E-state index contributed by atoms with van der Waals surface area (Å²) in [6.07, 6.45) is 1.38. The number of benzene rings is 1. The van der Waals surface area contributed by atoms with E-state index in [-0.39, 0.29) is 12.0 Å². The molecule has 82 valence electrons. The Hall–Kier alpha value is -1.38. The van der Waals surface area contributed by atoms with Gasteiger partial charge in [-0.3, -0.25) is 0 Å². The minimum absolute atomic E-state index is 0.0306. The Kier molecular flexibility index (Phi) is 3.83. The first kappa shape index (κ1) is 11.7. The summed E-state index contributed by atoms with van der Waals surface area (Å²) in [5.74, 6) is -1.40. The molecule has 0 spiro atoms. The van der Waals surface area contributed by atoms with E-state index in [0.717, 1.165) is 6.42 Å². The lowest BCUT2D eigenvalue weighted by Crippen LogP contribution is -2.30. The summed E-state index contributed by atoms with van der Waals surface area (Å²) in [5.41, 5.74) is -2.01. The van der Waals surface area contributed by atoms with Gasteiger partial charge in [0.2, 0.25) is 5.67 Å². The van der Waals surface area contributed by atoms with Crippen LogP contribution in [0.4, 0.5) is 4.39 Å². The van der Waals surface area contributed by atoms with Gasteiger partial charge in [0.25, 0.3) is 0 Å². The van der Waals surface area contributed by atoms with Gasteiger partial charge >= 0.3 is 5.97 Å². The van der Waals surface area contributed by atoms with Crippen molar-refractivity contribution in [3.05, 3.63) is 35.9 Å². The molecule has 3 heteroatoms. The van der Waals surface area contributed by atoms with E-state index in [2.05, 4.69) is 0 Å². The molecule has 0 fully saturated rings. The first-order valence-corrected chi connectivity index (χ1v) is 5.09. The fourth-order valence-electron chi connectivity index (χ4n) is 1.50. The average Bonchev–Trinajstić information content (AvgIpc) is 2.27. The topological polar surface area (TPSA) is 37.3 Å². The number of hydrogen-bond acceptors (Lipinski definition) is 1. The van der Waals surface area contributed by atoms with Crippen LogP contribution in [-0.2, 0) is 10.5 Å². The number of rotatable bonds is 5. The van der Waals surface area contributed by atoms with Gasteiger partial charge in [0.1, 0.15) is 0 Å². The fraction of sp³-hybridized carbons (Fsp3) is 0.417. The van der Waals surface area contributed by atoms with Crippen LogP contribution < -0.4 is 0 Å². The van der Waals surface area contributed by atoms with E-state index in [1.54, 1.807) is 18.2 Å². The third-order valence-corrected chi connectivity index (χ3v) is 2.45. The largest absolute Gasteiger partial charge is 0.479 e. The summed E-state index contributed by atoms with van der Waals surface area (Å²) < 4.78 is 14.2. The van der Waals surface area contributed by atoms with Crippen LogP contribution in [-0.4, -0.2) is 11.1 Å². The van der Waals surface area contributed by atoms with Crippen molar-refractivity contribution in [3.8, 4) is 0 Å². The maximum atomic E-state index is 14.2. The quantitative estimate of drug-likeness (QED) is 0.810. The van der Waals surface area contributed by atoms with E-state index >= 15 is 0 Å². The Morgan fingerprint density at radius 1 is 1.40 bits per heavy atom. The molecule has 15 heavy (non-hydrogen) atoms. The predicted octanol–water partition coefficient (Wildman–Crippen LogP) is 3.13. The first-order valence-electron chi connectivity index (χ1n) is 5.09. The van der Waals surface area contributed by atoms with Crippen LogP contribution in [0, 0.1) is 0 Å². The van der Waals surface area contributed by atoms with Gasteiger partial charge in [0.05, 0.1) is 0 Å². The second-order valence-corrected chi connectivity index (χ2v) is 3.58. The third kappa shape index (κ3) is 2.55. The van der Waals surface area contributed by atoms with Crippen molar-refractivity contribution in [2.45, 2.75) is 31.9 Å². The lowest BCUT2D eigenvalue weighted by molar-refractivity contribution is -0.152. The lowest BCUT2D eigenvalue weighted by Gasteiger charge is -2.20. The molecule has 0 saturated heterocycles. The number of hydrogen-bond donors (Lipinski definition) is 1. The predicted molar refractivity (Wildman–Crippen MR) is 56.4 cm³/mol. The SMILES string of the molecule is CCCCC(F)(C(=O)O)c1ccccc1. The van der Waals surface area contributed by atoms with E-state index in [9.17, 15) is 9.18 Å². The molecule has 2 nitrogen and oxygen atoms in total. The van der Waals surface area contributed by atoms with E-state index in [1.807, 2.05) is 6.92 Å². The molecule has 0 aliphatic heterocycles. The number of aliphatic carboxylic acids is 1. The van der Waals surface area contributed by atoms with Crippen molar-refractivity contribution in [2.24, 2.45) is 0 Å². The molecule has 0 amide bonds. The van der Waals surface area contributed by atoms with Crippen LogP contribution in [0.25, 0.3) is 0 Å². The molecule has 0 heterocycles. The highest BCUT2D eigenvalue weighted by atomic mass is 19.1. The van der Waals surface area contributed by atoms with Gasteiger partial charge in [-0.1, -0.05) is 43.7 Å². The van der Waals surface area contributed by atoms with Gasteiger partial charge < -0.3 is 5.11 Å². The van der Waals surface area contributed by atoms with Crippen LogP contribution in [0.15, 0.2) is 30.3 Å².